The summed E-state index contributed by atoms with van der Waals surface area (Å²) in [6.45, 7) is 3.80. The van der Waals surface area contributed by atoms with Gasteiger partial charge in [-0.05, 0) is 36.6 Å². The predicted octanol–water partition coefficient (Wildman–Crippen LogP) is 2.47. The van der Waals surface area contributed by atoms with Crippen LogP contribution in [0.5, 0.6) is 0 Å². The van der Waals surface area contributed by atoms with Crippen LogP contribution in [-0.4, -0.2) is 28.0 Å². The van der Waals surface area contributed by atoms with Crippen molar-refractivity contribution in [1.82, 2.24) is 15.0 Å². The lowest BCUT2D eigenvalue weighted by Gasteiger charge is -2.28. The Bertz CT molecular complexity index is 592. The van der Waals surface area contributed by atoms with E-state index in [2.05, 4.69) is 32.0 Å². The minimum atomic E-state index is 0.815. The van der Waals surface area contributed by atoms with E-state index < -0.39 is 0 Å². The van der Waals surface area contributed by atoms with Gasteiger partial charge in [0.2, 0.25) is 0 Å². The summed E-state index contributed by atoms with van der Waals surface area (Å²) in [7, 11) is 0. The summed E-state index contributed by atoms with van der Waals surface area (Å²) in [5, 5.41) is 0. The summed E-state index contributed by atoms with van der Waals surface area (Å²) in [6, 6.07) is 6.05. The van der Waals surface area contributed by atoms with Gasteiger partial charge in [-0.25, -0.2) is 9.97 Å². The normalized spacial score (nSPS) is 15.2. The first-order chi connectivity index (χ1) is 9.33. The van der Waals surface area contributed by atoms with Crippen molar-refractivity contribution in [2.24, 2.45) is 0 Å². The lowest BCUT2D eigenvalue weighted by atomic mass is 10.0. The number of aryl methyl sites for hydroxylation is 1. The molecule has 0 unspecified atom stereocenters. The molecule has 4 heteroatoms. The van der Waals surface area contributed by atoms with Crippen molar-refractivity contribution in [2.45, 2.75) is 13.3 Å². The molecule has 2 aromatic heterocycles. The Kier molecular flexibility index (Phi) is 3.23. The van der Waals surface area contributed by atoms with Gasteiger partial charge >= 0.3 is 0 Å². The van der Waals surface area contributed by atoms with Crippen LogP contribution in [0.1, 0.15) is 17.8 Å². The van der Waals surface area contributed by atoms with Gasteiger partial charge in [0, 0.05) is 31.7 Å². The fourth-order valence-corrected chi connectivity index (χ4v) is 2.32. The molecule has 0 saturated heterocycles. The molecule has 4 nitrogen and oxygen atoms in total. The fourth-order valence-electron chi connectivity index (χ4n) is 2.32. The molecule has 0 aromatic carbocycles. The third-order valence-corrected chi connectivity index (χ3v) is 3.27. The maximum Gasteiger partial charge on any atom is 0.132 e. The van der Waals surface area contributed by atoms with E-state index in [9.17, 15) is 0 Å². The number of hydrogen-bond acceptors (Lipinski definition) is 4. The lowest BCUT2D eigenvalue weighted by Crippen LogP contribution is -2.30. The second kappa shape index (κ2) is 5.18. The average Bonchev–Trinajstić information content (AvgIpc) is 2.48. The molecule has 2 aromatic rings. The first-order valence-corrected chi connectivity index (χ1v) is 6.47. The van der Waals surface area contributed by atoms with Crippen LogP contribution >= 0.6 is 0 Å². The van der Waals surface area contributed by atoms with Crippen molar-refractivity contribution in [3.63, 3.8) is 0 Å². The highest BCUT2D eigenvalue weighted by Crippen LogP contribution is 2.23. The number of pyridine rings is 1. The molecule has 0 atom stereocenters. The Hall–Kier alpha value is -2.23. The van der Waals surface area contributed by atoms with Gasteiger partial charge in [0.1, 0.15) is 11.6 Å². The lowest BCUT2D eigenvalue weighted by molar-refractivity contribution is 0.807. The molecule has 0 bridgehead atoms. The van der Waals surface area contributed by atoms with Crippen LogP contribution in [0.4, 0.5) is 5.82 Å². The third kappa shape index (κ3) is 2.62. The monoisotopic (exact) mass is 252 g/mol. The minimum Gasteiger partial charge on any atom is -0.352 e. The largest absolute Gasteiger partial charge is 0.352 e. The second-order valence-electron chi connectivity index (χ2n) is 4.64. The molecule has 0 aliphatic carbocycles. The highest BCUT2D eigenvalue weighted by molar-refractivity contribution is 5.70. The number of hydrogen-bond donors (Lipinski definition) is 0. The van der Waals surface area contributed by atoms with Crippen molar-refractivity contribution >= 4 is 11.4 Å². The Labute approximate surface area is 112 Å². The maximum atomic E-state index is 4.50. The Morgan fingerprint density at radius 2 is 2.16 bits per heavy atom. The molecule has 3 heterocycles. The molecule has 0 amide bonds. The van der Waals surface area contributed by atoms with Crippen LogP contribution in [-0.2, 0) is 0 Å². The van der Waals surface area contributed by atoms with Gasteiger partial charge in [-0.1, -0.05) is 12.1 Å². The summed E-state index contributed by atoms with van der Waals surface area (Å²) < 4.78 is 0. The molecule has 0 saturated carbocycles. The Balaban J connectivity index is 1.83. The van der Waals surface area contributed by atoms with E-state index in [4.69, 9.17) is 0 Å². The molecule has 3 rings (SSSR count). The molecule has 0 fully saturated rings. The van der Waals surface area contributed by atoms with Crippen LogP contribution < -0.4 is 4.90 Å². The predicted molar refractivity (Wildman–Crippen MR) is 75.8 cm³/mol. The Morgan fingerprint density at radius 1 is 1.21 bits per heavy atom. The zero-order valence-electron chi connectivity index (χ0n) is 11.0. The number of nitrogens with zero attached hydrogens (tertiary/aromatic N) is 4. The van der Waals surface area contributed by atoms with Crippen LogP contribution in [0.25, 0.3) is 5.57 Å². The first kappa shape index (κ1) is 11.8. The van der Waals surface area contributed by atoms with Crippen LogP contribution in [0.15, 0.2) is 42.9 Å². The summed E-state index contributed by atoms with van der Waals surface area (Å²) >= 11 is 0. The summed E-state index contributed by atoms with van der Waals surface area (Å²) in [6.07, 6.45) is 8.87. The van der Waals surface area contributed by atoms with Crippen molar-refractivity contribution in [2.75, 3.05) is 18.0 Å². The van der Waals surface area contributed by atoms with Gasteiger partial charge in [0.05, 0.1) is 0 Å². The standard InChI is InChI=1S/C15H16N4/c1-12-17-8-6-15(18-12)19-9-3-5-14(11-19)13-4-2-7-16-10-13/h2,4-8,10H,3,9,11H2,1H3. The molecule has 0 N–H and O–H groups in total. The zero-order valence-corrected chi connectivity index (χ0v) is 11.0. The summed E-state index contributed by atoms with van der Waals surface area (Å²) in [5.41, 5.74) is 2.51. The molecule has 0 spiro atoms. The van der Waals surface area contributed by atoms with E-state index >= 15 is 0 Å². The molecule has 1 aliphatic rings. The molecule has 0 radical (unpaired) electrons. The van der Waals surface area contributed by atoms with Gasteiger partial charge in [0.15, 0.2) is 0 Å². The van der Waals surface area contributed by atoms with Gasteiger partial charge in [-0.3, -0.25) is 4.98 Å². The van der Waals surface area contributed by atoms with Crippen LogP contribution in [0.3, 0.4) is 0 Å². The van der Waals surface area contributed by atoms with Gasteiger partial charge in [-0.2, -0.15) is 0 Å². The summed E-state index contributed by atoms with van der Waals surface area (Å²) in [4.78, 5) is 15.1. The molecule has 96 valence electrons. The number of anilines is 1. The van der Waals surface area contributed by atoms with Crippen molar-refractivity contribution in [1.29, 1.82) is 0 Å². The van der Waals surface area contributed by atoms with Crippen molar-refractivity contribution in [3.8, 4) is 0 Å². The summed E-state index contributed by atoms with van der Waals surface area (Å²) in [5.74, 6) is 1.82. The van der Waals surface area contributed by atoms with Crippen LogP contribution in [0.2, 0.25) is 0 Å². The van der Waals surface area contributed by atoms with E-state index in [1.54, 1.807) is 6.20 Å². The number of rotatable bonds is 2. The van der Waals surface area contributed by atoms with E-state index in [0.29, 0.717) is 0 Å². The van der Waals surface area contributed by atoms with E-state index in [0.717, 1.165) is 31.2 Å². The highest BCUT2D eigenvalue weighted by Gasteiger charge is 2.15. The maximum absolute atomic E-state index is 4.50. The van der Waals surface area contributed by atoms with E-state index in [1.165, 1.54) is 11.1 Å². The highest BCUT2D eigenvalue weighted by atomic mass is 15.2. The molecular weight excluding hydrogens is 236 g/mol. The van der Waals surface area contributed by atoms with Gasteiger partial charge in [0.25, 0.3) is 0 Å². The SMILES string of the molecule is Cc1nccc(N2CCC=C(c3cccnc3)C2)n1. The molecule has 1 aliphatic heterocycles. The smallest absolute Gasteiger partial charge is 0.132 e. The average molecular weight is 252 g/mol. The quantitative estimate of drug-likeness (QED) is 0.823. The third-order valence-electron chi connectivity index (χ3n) is 3.27. The first-order valence-electron chi connectivity index (χ1n) is 6.47. The second-order valence-corrected chi connectivity index (χ2v) is 4.64. The van der Waals surface area contributed by atoms with Crippen molar-refractivity contribution in [3.05, 3.63) is 54.3 Å². The molecular formula is C15H16N4. The topological polar surface area (TPSA) is 41.9 Å². The Morgan fingerprint density at radius 3 is 2.95 bits per heavy atom. The van der Waals surface area contributed by atoms with Gasteiger partial charge < -0.3 is 4.90 Å². The van der Waals surface area contributed by atoms with E-state index in [-0.39, 0.29) is 0 Å². The van der Waals surface area contributed by atoms with Crippen molar-refractivity contribution < 1.29 is 0 Å². The fraction of sp³-hybridized carbons (Fsp3) is 0.267. The van der Waals surface area contributed by atoms with Crippen LogP contribution in [0, 0.1) is 6.92 Å². The minimum absolute atomic E-state index is 0.815. The van der Waals surface area contributed by atoms with Gasteiger partial charge in [-0.15, -0.1) is 0 Å². The number of aromatic nitrogens is 3. The zero-order chi connectivity index (χ0) is 13.1. The molecule has 19 heavy (non-hydrogen) atoms. The van der Waals surface area contributed by atoms with E-state index in [1.807, 2.05) is 31.5 Å².